The lowest BCUT2D eigenvalue weighted by Gasteiger charge is -2.15. The third kappa shape index (κ3) is 55.2. The van der Waals surface area contributed by atoms with Gasteiger partial charge in [0.2, 0.25) is 0 Å². The molecule has 0 aliphatic rings. The quantitative estimate of drug-likeness (QED) is 0.0374. The zero-order chi connectivity index (χ0) is 47.7. The van der Waals surface area contributed by atoms with E-state index in [1.165, 1.54) is 283 Å². The average Bonchev–Trinajstić information content (AvgIpc) is 3.32. The van der Waals surface area contributed by atoms with Crippen molar-refractivity contribution in [3.05, 3.63) is 12.2 Å². The number of aliphatic hydroxyl groups is 1. The number of ether oxygens (including phenoxy) is 2. The Morgan fingerprint density at radius 3 is 0.833 bits per heavy atom. The summed E-state index contributed by atoms with van der Waals surface area (Å²) < 4.78 is 10.7. The fourth-order valence-electron chi connectivity index (χ4n) is 9.50. The van der Waals surface area contributed by atoms with Crippen LogP contribution in [0.5, 0.6) is 0 Å². The molecule has 0 bridgehead atoms. The number of unbranched alkanes of at least 4 members (excludes halogenated alkanes) is 47. The number of carbonyl (C=O) groups is 2. The van der Waals surface area contributed by atoms with Crippen LogP contribution in [0.4, 0.5) is 0 Å². The number of aliphatic hydroxyl groups excluding tert-OH is 1. The Morgan fingerprint density at radius 2 is 0.561 bits per heavy atom. The molecule has 0 aromatic carbocycles. The van der Waals surface area contributed by atoms with E-state index in [0.29, 0.717) is 12.8 Å². The predicted molar refractivity (Wildman–Crippen MR) is 288 cm³/mol. The Balaban J connectivity index is 3.31. The molecular weight excluding hydrogens is 813 g/mol. The maximum absolute atomic E-state index is 12.2. The summed E-state index contributed by atoms with van der Waals surface area (Å²) in [7, 11) is 0. The molecule has 0 aliphatic carbocycles. The van der Waals surface area contributed by atoms with Gasteiger partial charge in [-0.25, -0.2) is 0 Å². The van der Waals surface area contributed by atoms with E-state index in [4.69, 9.17) is 9.47 Å². The topological polar surface area (TPSA) is 72.8 Å². The van der Waals surface area contributed by atoms with Crippen LogP contribution in [-0.4, -0.2) is 36.4 Å². The van der Waals surface area contributed by atoms with Gasteiger partial charge in [-0.2, -0.15) is 0 Å². The van der Waals surface area contributed by atoms with E-state index in [-0.39, 0.29) is 25.2 Å². The lowest BCUT2D eigenvalue weighted by atomic mass is 10.0. The van der Waals surface area contributed by atoms with Crippen molar-refractivity contribution in [2.75, 3.05) is 13.2 Å². The standard InChI is InChI=1S/C61H118O5/c1-3-5-7-9-11-13-15-17-18-19-20-21-22-23-24-25-26-27-28-29-30-31-32-33-34-35-36-37-38-39-40-41-42-44-45-47-49-51-53-55-60(63)65-58-59(57-62)66-61(64)56-54-52-50-48-46-43-16-14-12-10-8-6-4-2/h14,16,59,62H,3-13,15,17-58H2,1-2H3/b16-14-. The predicted octanol–water partition coefficient (Wildman–Crippen LogP) is 20.3. The van der Waals surface area contributed by atoms with Crippen LogP contribution in [0, 0.1) is 0 Å². The fraction of sp³-hybridized carbons (Fsp3) is 0.934. The van der Waals surface area contributed by atoms with Gasteiger partial charge < -0.3 is 14.6 Å². The monoisotopic (exact) mass is 931 g/mol. The summed E-state index contributed by atoms with van der Waals surface area (Å²) in [5.74, 6) is -0.583. The molecule has 392 valence electrons. The molecule has 0 radical (unpaired) electrons. The second-order valence-electron chi connectivity index (χ2n) is 20.8. The van der Waals surface area contributed by atoms with Crippen molar-refractivity contribution in [3.8, 4) is 0 Å². The largest absolute Gasteiger partial charge is 0.462 e. The van der Waals surface area contributed by atoms with Gasteiger partial charge in [-0.05, 0) is 38.5 Å². The first-order chi connectivity index (χ1) is 32.6. The molecule has 0 aromatic rings. The van der Waals surface area contributed by atoms with Gasteiger partial charge in [-0.3, -0.25) is 9.59 Å². The molecule has 1 atom stereocenters. The zero-order valence-electron chi connectivity index (χ0n) is 45.0. The highest BCUT2D eigenvalue weighted by Crippen LogP contribution is 2.18. The maximum atomic E-state index is 12.2. The van der Waals surface area contributed by atoms with Crippen LogP contribution in [0.2, 0.25) is 0 Å². The van der Waals surface area contributed by atoms with Gasteiger partial charge in [0.05, 0.1) is 6.61 Å². The smallest absolute Gasteiger partial charge is 0.306 e. The minimum Gasteiger partial charge on any atom is -0.462 e. The van der Waals surface area contributed by atoms with E-state index < -0.39 is 6.10 Å². The van der Waals surface area contributed by atoms with Gasteiger partial charge in [-0.15, -0.1) is 0 Å². The maximum Gasteiger partial charge on any atom is 0.306 e. The molecule has 0 saturated heterocycles. The van der Waals surface area contributed by atoms with Gasteiger partial charge in [0.1, 0.15) is 6.61 Å². The van der Waals surface area contributed by atoms with Gasteiger partial charge in [0, 0.05) is 12.8 Å². The van der Waals surface area contributed by atoms with Gasteiger partial charge >= 0.3 is 11.9 Å². The second-order valence-corrected chi connectivity index (χ2v) is 20.8. The molecule has 5 nitrogen and oxygen atoms in total. The van der Waals surface area contributed by atoms with Crippen LogP contribution in [0.15, 0.2) is 12.2 Å². The molecular formula is C61H118O5. The lowest BCUT2D eigenvalue weighted by molar-refractivity contribution is -0.161. The average molecular weight is 932 g/mol. The van der Waals surface area contributed by atoms with Crippen molar-refractivity contribution in [1.29, 1.82) is 0 Å². The molecule has 0 aliphatic heterocycles. The number of rotatable bonds is 57. The molecule has 1 unspecified atom stereocenters. The molecule has 0 rings (SSSR count). The first-order valence-electron chi connectivity index (χ1n) is 30.2. The highest BCUT2D eigenvalue weighted by Gasteiger charge is 2.16. The Morgan fingerprint density at radius 1 is 0.333 bits per heavy atom. The molecule has 0 heterocycles. The van der Waals surface area contributed by atoms with E-state index >= 15 is 0 Å². The molecule has 0 saturated carbocycles. The summed E-state index contributed by atoms with van der Waals surface area (Å²) in [6.07, 6.45) is 72.4. The summed E-state index contributed by atoms with van der Waals surface area (Å²) in [6.45, 7) is 4.16. The molecule has 0 amide bonds. The third-order valence-electron chi connectivity index (χ3n) is 14.1. The first kappa shape index (κ1) is 64.6. The highest BCUT2D eigenvalue weighted by atomic mass is 16.6. The normalized spacial score (nSPS) is 12.1. The fourth-order valence-corrected chi connectivity index (χ4v) is 9.50. The number of allylic oxidation sites excluding steroid dienone is 2. The summed E-state index contributed by atoms with van der Waals surface area (Å²) in [4.78, 5) is 24.4. The lowest BCUT2D eigenvalue weighted by Crippen LogP contribution is -2.28. The van der Waals surface area contributed by atoms with E-state index in [2.05, 4.69) is 26.0 Å². The van der Waals surface area contributed by atoms with Crippen LogP contribution in [0.25, 0.3) is 0 Å². The van der Waals surface area contributed by atoms with Gasteiger partial charge in [-0.1, -0.05) is 309 Å². The summed E-state index contributed by atoms with van der Waals surface area (Å²) in [6, 6.07) is 0. The Kier molecular flexibility index (Phi) is 56.8. The minimum atomic E-state index is -0.771. The minimum absolute atomic E-state index is 0.0626. The second kappa shape index (κ2) is 58.0. The van der Waals surface area contributed by atoms with Crippen LogP contribution in [0.3, 0.4) is 0 Å². The number of hydrogen-bond acceptors (Lipinski definition) is 5. The van der Waals surface area contributed by atoms with E-state index in [1.807, 2.05) is 0 Å². The number of hydrogen-bond donors (Lipinski definition) is 1. The Bertz CT molecular complexity index is 963. The molecule has 5 heteroatoms. The van der Waals surface area contributed by atoms with Crippen molar-refractivity contribution < 1.29 is 24.2 Å². The zero-order valence-corrected chi connectivity index (χ0v) is 45.0. The van der Waals surface area contributed by atoms with Crippen molar-refractivity contribution >= 4 is 11.9 Å². The van der Waals surface area contributed by atoms with E-state index in [1.54, 1.807) is 0 Å². The summed E-state index contributed by atoms with van der Waals surface area (Å²) in [5, 5.41) is 9.61. The van der Waals surface area contributed by atoms with Crippen molar-refractivity contribution in [2.24, 2.45) is 0 Å². The first-order valence-corrected chi connectivity index (χ1v) is 30.2. The van der Waals surface area contributed by atoms with E-state index in [9.17, 15) is 14.7 Å². The summed E-state index contributed by atoms with van der Waals surface area (Å²) >= 11 is 0. The molecule has 0 aromatic heterocycles. The molecule has 0 spiro atoms. The Hall–Kier alpha value is -1.36. The Labute approximate surface area is 413 Å². The van der Waals surface area contributed by atoms with Crippen LogP contribution in [-0.2, 0) is 19.1 Å². The third-order valence-corrected chi connectivity index (χ3v) is 14.1. The van der Waals surface area contributed by atoms with Crippen LogP contribution >= 0.6 is 0 Å². The SMILES string of the molecule is CCCCCC/C=C\CCCCCCCC(=O)OC(CO)COC(=O)CCCCCCCCCCCCCCCCCCCCCCCCCCCCCCCCCCCCCCCCC. The number of carbonyl (C=O) groups excluding carboxylic acids is 2. The van der Waals surface area contributed by atoms with E-state index in [0.717, 1.165) is 38.5 Å². The van der Waals surface area contributed by atoms with Crippen molar-refractivity contribution in [2.45, 2.75) is 354 Å². The number of esters is 2. The van der Waals surface area contributed by atoms with Gasteiger partial charge in [0.15, 0.2) is 6.10 Å². The molecule has 0 fully saturated rings. The summed E-state index contributed by atoms with van der Waals surface area (Å²) in [5.41, 5.74) is 0. The van der Waals surface area contributed by atoms with Crippen molar-refractivity contribution in [3.63, 3.8) is 0 Å². The van der Waals surface area contributed by atoms with Crippen LogP contribution < -0.4 is 0 Å². The molecule has 66 heavy (non-hydrogen) atoms. The molecule has 1 N–H and O–H groups in total. The van der Waals surface area contributed by atoms with Crippen LogP contribution in [0.1, 0.15) is 348 Å². The van der Waals surface area contributed by atoms with Gasteiger partial charge in [0.25, 0.3) is 0 Å². The highest BCUT2D eigenvalue weighted by molar-refractivity contribution is 5.70. The van der Waals surface area contributed by atoms with Crippen molar-refractivity contribution in [1.82, 2.24) is 0 Å².